The third-order valence-electron chi connectivity index (χ3n) is 4.08. The summed E-state index contributed by atoms with van der Waals surface area (Å²) in [5, 5.41) is 0. The molecule has 1 aromatic heterocycles. The molecule has 128 valence electrons. The van der Waals surface area contributed by atoms with Gasteiger partial charge in [-0.3, -0.25) is 4.79 Å². The van der Waals surface area contributed by atoms with E-state index in [1.165, 1.54) is 29.0 Å². The van der Waals surface area contributed by atoms with Gasteiger partial charge in [-0.25, -0.2) is 8.42 Å². The molecule has 1 aliphatic heterocycles. The normalized spacial score (nSPS) is 14.2. The number of hydrogen-bond donors (Lipinski definition) is 0. The van der Waals surface area contributed by atoms with Gasteiger partial charge in [-0.05, 0) is 43.2 Å². The molecule has 2 aromatic rings. The summed E-state index contributed by atoms with van der Waals surface area (Å²) in [4.78, 5) is 16.5. The number of carbonyl (C=O) groups is 1. The molecule has 24 heavy (non-hydrogen) atoms. The Hall–Kier alpha value is -1.86. The molecule has 0 saturated heterocycles. The number of nitrogens with zero attached hydrogens (tertiary/aromatic N) is 1. The maximum atomic E-state index is 12.9. The van der Waals surface area contributed by atoms with Gasteiger partial charge >= 0.3 is 0 Å². The van der Waals surface area contributed by atoms with Crippen LogP contribution in [0.15, 0.2) is 29.2 Å². The summed E-state index contributed by atoms with van der Waals surface area (Å²) in [5.41, 5.74) is 1.68. The van der Waals surface area contributed by atoms with Gasteiger partial charge in [0.15, 0.2) is 9.84 Å². The lowest BCUT2D eigenvalue weighted by molar-refractivity contribution is 0.0980. The number of thiophene rings is 1. The van der Waals surface area contributed by atoms with Gasteiger partial charge in [-0.1, -0.05) is 6.92 Å². The van der Waals surface area contributed by atoms with Crippen LogP contribution in [0.2, 0.25) is 0 Å². The summed E-state index contributed by atoms with van der Waals surface area (Å²) in [6.07, 6.45) is 2.04. The zero-order chi connectivity index (χ0) is 17.5. The second kappa shape index (κ2) is 6.22. The summed E-state index contributed by atoms with van der Waals surface area (Å²) in [6, 6.07) is 6.57. The Labute approximate surface area is 145 Å². The Morgan fingerprint density at radius 2 is 2.08 bits per heavy atom. The molecular weight excluding hydrogens is 346 g/mol. The van der Waals surface area contributed by atoms with E-state index in [0.29, 0.717) is 29.5 Å². The number of hydrogen-bond acceptors (Lipinski definition) is 5. The SMILES string of the molecule is CCc1cc(C(=O)N2CCOc3ccc(S(C)(=O)=O)cc32)sc1C. The number of amides is 1. The summed E-state index contributed by atoms with van der Waals surface area (Å²) >= 11 is 1.47. The minimum absolute atomic E-state index is 0.113. The van der Waals surface area contributed by atoms with Crippen LogP contribution in [0.1, 0.15) is 27.0 Å². The van der Waals surface area contributed by atoms with Crippen LogP contribution in [-0.4, -0.2) is 33.7 Å². The molecular formula is C17H19NO4S2. The maximum Gasteiger partial charge on any atom is 0.268 e. The molecule has 0 N–H and O–H groups in total. The van der Waals surface area contributed by atoms with Crippen molar-refractivity contribution in [3.63, 3.8) is 0 Å². The van der Waals surface area contributed by atoms with Crippen molar-refractivity contribution in [2.75, 3.05) is 24.3 Å². The fourth-order valence-electron chi connectivity index (χ4n) is 2.75. The van der Waals surface area contributed by atoms with Crippen LogP contribution in [0.25, 0.3) is 0 Å². The highest BCUT2D eigenvalue weighted by atomic mass is 32.2. The lowest BCUT2D eigenvalue weighted by Gasteiger charge is -2.29. The molecule has 0 unspecified atom stereocenters. The third-order valence-corrected chi connectivity index (χ3v) is 6.27. The number of anilines is 1. The van der Waals surface area contributed by atoms with Crippen LogP contribution >= 0.6 is 11.3 Å². The van der Waals surface area contributed by atoms with Gasteiger partial charge in [0.2, 0.25) is 0 Å². The van der Waals surface area contributed by atoms with E-state index in [4.69, 9.17) is 4.74 Å². The highest BCUT2D eigenvalue weighted by molar-refractivity contribution is 7.90. The number of rotatable bonds is 3. The largest absolute Gasteiger partial charge is 0.490 e. The zero-order valence-corrected chi connectivity index (χ0v) is 15.5. The highest BCUT2D eigenvalue weighted by Gasteiger charge is 2.27. The second-order valence-electron chi connectivity index (χ2n) is 5.75. The second-order valence-corrected chi connectivity index (χ2v) is 9.02. The fourth-order valence-corrected chi connectivity index (χ4v) is 4.45. The predicted molar refractivity (Wildman–Crippen MR) is 95.2 cm³/mol. The number of benzene rings is 1. The Bertz CT molecular complexity index is 899. The lowest BCUT2D eigenvalue weighted by Crippen LogP contribution is -2.37. The lowest BCUT2D eigenvalue weighted by atomic mass is 10.2. The molecule has 2 heterocycles. The van der Waals surface area contributed by atoms with Crippen molar-refractivity contribution in [1.29, 1.82) is 0 Å². The van der Waals surface area contributed by atoms with E-state index in [1.807, 2.05) is 13.0 Å². The molecule has 0 radical (unpaired) electrons. The fraction of sp³-hybridized carbons (Fsp3) is 0.353. The summed E-state index contributed by atoms with van der Waals surface area (Å²) in [5.74, 6) is 0.420. The van der Waals surface area contributed by atoms with E-state index in [2.05, 4.69) is 6.92 Å². The molecule has 0 saturated carbocycles. The van der Waals surface area contributed by atoms with Crippen molar-refractivity contribution in [2.24, 2.45) is 0 Å². The van der Waals surface area contributed by atoms with Crippen molar-refractivity contribution >= 4 is 32.8 Å². The van der Waals surface area contributed by atoms with Crippen LogP contribution in [0.5, 0.6) is 5.75 Å². The van der Waals surface area contributed by atoms with Crippen LogP contribution in [0.3, 0.4) is 0 Å². The first-order valence-corrected chi connectivity index (χ1v) is 10.4. The molecule has 0 aliphatic carbocycles. The molecule has 5 nitrogen and oxygen atoms in total. The minimum Gasteiger partial charge on any atom is -0.490 e. The van der Waals surface area contributed by atoms with E-state index in [9.17, 15) is 13.2 Å². The molecule has 1 aromatic carbocycles. The van der Waals surface area contributed by atoms with Crippen LogP contribution in [-0.2, 0) is 16.3 Å². The Morgan fingerprint density at radius 1 is 1.33 bits per heavy atom. The molecule has 3 rings (SSSR count). The van der Waals surface area contributed by atoms with Crippen molar-refractivity contribution in [3.05, 3.63) is 39.6 Å². The van der Waals surface area contributed by atoms with Gasteiger partial charge in [-0.15, -0.1) is 11.3 Å². The molecule has 1 amide bonds. The average Bonchev–Trinajstić information content (AvgIpc) is 2.93. The quantitative estimate of drug-likeness (QED) is 0.839. The highest BCUT2D eigenvalue weighted by Crippen LogP contribution is 2.35. The molecule has 0 fully saturated rings. The Morgan fingerprint density at radius 3 is 2.71 bits per heavy atom. The Kier molecular flexibility index (Phi) is 4.40. The third kappa shape index (κ3) is 3.06. The van der Waals surface area contributed by atoms with Crippen molar-refractivity contribution in [3.8, 4) is 5.75 Å². The first kappa shape index (κ1) is 17.0. The summed E-state index contributed by atoms with van der Waals surface area (Å²) in [7, 11) is -3.35. The van der Waals surface area contributed by atoms with E-state index >= 15 is 0 Å². The molecule has 0 bridgehead atoms. The molecule has 1 aliphatic rings. The van der Waals surface area contributed by atoms with Crippen LogP contribution in [0.4, 0.5) is 5.69 Å². The van der Waals surface area contributed by atoms with Crippen molar-refractivity contribution in [1.82, 2.24) is 0 Å². The van der Waals surface area contributed by atoms with Crippen LogP contribution < -0.4 is 9.64 Å². The van der Waals surface area contributed by atoms with Crippen molar-refractivity contribution < 1.29 is 17.9 Å². The van der Waals surface area contributed by atoms with Gasteiger partial charge in [0.25, 0.3) is 5.91 Å². The number of aryl methyl sites for hydroxylation is 2. The minimum atomic E-state index is -3.35. The van der Waals surface area contributed by atoms with Gasteiger partial charge in [0.1, 0.15) is 12.4 Å². The summed E-state index contributed by atoms with van der Waals surface area (Å²) in [6.45, 7) is 4.86. The first-order chi connectivity index (χ1) is 11.3. The van der Waals surface area contributed by atoms with E-state index in [1.54, 1.807) is 11.0 Å². The number of sulfone groups is 1. The van der Waals surface area contributed by atoms with E-state index in [0.717, 1.165) is 17.6 Å². The number of ether oxygens (including phenoxy) is 1. The van der Waals surface area contributed by atoms with E-state index < -0.39 is 9.84 Å². The van der Waals surface area contributed by atoms with Gasteiger partial charge < -0.3 is 9.64 Å². The zero-order valence-electron chi connectivity index (χ0n) is 13.8. The molecule has 7 heteroatoms. The number of carbonyl (C=O) groups excluding carboxylic acids is 1. The Balaban J connectivity index is 2.03. The first-order valence-electron chi connectivity index (χ1n) is 7.69. The van der Waals surface area contributed by atoms with Gasteiger partial charge in [-0.2, -0.15) is 0 Å². The van der Waals surface area contributed by atoms with Crippen LogP contribution in [0, 0.1) is 6.92 Å². The van der Waals surface area contributed by atoms with E-state index in [-0.39, 0.29) is 10.8 Å². The summed E-state index contributed by atoms with van der Waals surface area (Å²) < 4.78 is 29.2. The predicted octanol–water partition coefficient (Wildman–Crippen LogP) is 3.06. The topological polar surface area (TPSA) is 63.7 Å². The van der Waals surface area contributed by atoms with Crippen molar-refractivity contribution in [2.45, 2.75) is 25.2 Å². The monoisotopic (exact) mass is 365 g/mol. The van der Waals surface area contributed by atoms with Gasteiger partial charge in [0, 0.05) is 11.1 Å². The molecule has 0 spiro atoms. The maximum absolute atomic E-state index is 12.9. The standard InChI is InChI=1S/C17H19NO4S2/c1-4-12-9-16(23-11(12)2)17(19)18-7-8-22-15-6-5-13(10-14(15)18)24(3,20)21/h5-6,9-10H,4,7-8H2,1-3H3. The molecule has 0 atom stereocenters. The smallest absolute Gasteiger partial charge is 0.268 e. The number of fused-ring (bicyclic) bond motifs is 1. The average molecular weight is 365 g/mol. The van der Waals surface area contributed by atoms with Gasteiger partial charge in [0.05, 0.1) is 22.0 Å².